The highest BCUT2D eigenvalue weighted by Crippen LogP contribution is 2.29. The Labute approximate surface area is 155 Å². The molecule has 0 radical (unpaired) electrons. The third-order valence-electron chi connectivity index (χ3n) is 3.96. The fourth-order valence-corrected chi connectivity index (χ4v) is 2.93. The predicted molar refractivity (Wildman–Crippen MR) is 99.6 cm³/mol. The first kappa shape index (κ1) is 16.4. The number of aromatic nitrogens is 3. The molecule has 0 fully saturated rings. The summed E-state index contributed by atoms with van der Waals surface area (Å²) in [5.74, 6) is 1.05. The first-order valence-corrected chi connectivity index (χ1v) is 8.39. The number of carbonyl (C=O) groups is 1. The summed E-state index contributed by atoms with van der Waals surface area (Å²) in [5.41, 5.74) is 2.91. The highest BCUT2D eigenvalue weighted by Gasteiger charge is 2.19. The van der Waals surface area contributed by atoms with Crippen LogP contribution in [0.3, 0.4) is 0 Å². The second-order valence-electron chi connectivity index (χ2n) is 5.88. The number of benzene rings is 1. The van der Waals surface area contributed by atoms with Crippen molar-refractivity contribution in [2.75, 3.05) is 11.9 Å². The Morgan fingerprint density at radius 2 is 2.04 bits per heavy atom. The predicted octanol–water partition coefficient (Wildman–Crippen LogP) is 3.64. The minimum atomic E-state index is -0.245. The van der Waals surface area contributed by atoms with E-state index in [1.807, 2.05) is 25.1 Å². The summed E-state index contributed by atoms with van der Waals surface area (Å²) in [5, 5.41) is 7.93. The Morgan fingerprint density at radius 1 is 1.23 bits per heavy atom. The lowest BCUT2D eigenvalue weighted by Crippen LogP contribution is -2.22. The zero-order chi connectivity index (χ0) is 18.1. The number of ether oxygens (including phenoxy) is 1. The molecule has 1 aliphatic heterocycles. The number of nitrogens with one attached hydrogen (secondary N) is 1. The van der Waals surface area contributed by atoms with Gasteiger partial charge in [-0.15, -0.1) is 0 Å². The third kappa shape index (κ3) is 3.19. The van der Waals surface area contributed by atoms with Gasteiger partial charge in [0.2, 0.25) is 0 Å². The van der Waals surface area contributed by atoms with E-state index in [1.54, 1.807) is 41.4 Å². The lowest BCUT2D eigenvalue weighted by atomic mass is 10.1. The minimum absolute atomic E-state index is 0.197. The van der Waals surface area contributed by atoms with Gasteiger partial charge < -0.3 is 10.1 Å². The third-order valence-corrected chi connectivity index (χ3v) is 4.19. The molecule has 2 aromatic heterocycles. The normalized spacial score (nSPS) is 12.8. The van der Waals surface area contributed by atoms with Gasteiger partial charge in [0.15, 0.2) is 0 Å². The number of fused-ring (bicyclic) bond motifs is 1. The summed E-state index contributed by atoms with van der Waals surface area (Å²) < 4.78 is 7.32. The number of pyridine rings is 1. The topological polar surface area (TPSA) is 69.0 Å². The number of halogens is 1. The van der Waals surface area contributed by atoms with Gasteiger partial charge in [-0.2, -0.15) is 5.10 Å². The monoisotopic (exact) mass is 366 g/mol. The van der Waals surface area contributed by atoms with Crippen molar-refractivity contribution in [1.82, 2.24) is 14.8 Å². The molecule has 0 bridgehead atoms. The Bertz CT molecular complexity index is 1010. The molecule has 1 aromatic carbocycles. The molecule has 1 amide bonds. The van der Waals surface area contributed by atoms with Crippen LogP contribution in [0.5, 0.6) is 5.75 Å². The van der Waals surface area contributed by atoms with Crippen molar-refractivity contribution in [3.8, 4) is 11.4 Å². The van der Waals surface area contributed by atoms with Gasteiger partial charge in [-0.1, -0.05) is 11.6 Å². The molecule has 7 heteroatoms. The molecule has 1 aliphatic rings. The molecule has 3 heterocycles. The second-order valence-corrected chi connectivity index (χ2v) is 6.32. The highest BCUT2D eigenvalue weighted by atomic mass is 35.5. The summed E-state index contributed by atoms with van der Waals surface area (Å²) in [6, 6.07) is 10.8. The molecule has 6 nitrogen and oxygen atoms in total. The molecule has 3 aromatic rings. The van der Waals surface area contributed by atoms with Gasteiger partial charge in [-0.05, 0) is 43.3 Å². The van der Waals surface area contributed by atoms with Gasteiger partial charge in [0, 0.05) is 29.0 Å². The minimum Gasteiger partial charge on any atom is -0.488 e. The largest absolute Gasteiger partial charge is 0.488 e. The average Bonchev–Trinajstić information content (AvgIpc) is 3.02. The number of nitrogens with zero attached hydrogens (tertiary/aromatic N) is 3. The maximum absolute atomic E-state index is 12.7. The van der Waals surface area contributed by atoms with Crippen LogP contribution in [0, 0.1) is 6.92 Å². The summed E-state index contributed by atoms with van der Waals surface area (Å²) in [4.78, 5) is 16.7. The number of anilines is 1. The van der Waals surface area contributed by atoms with Crippen molar-refractivity contribution in [2.24, 2.45) is 0 Å². The lowest BCUT2D eigenvalue weighted by molar-refractivity contribution is -0.113. The Balaban J connectivity index is 1.62. The van der Waals surface area contributed by atoms with Gasteiger partial charge in [0.25, 0.3) is 5.91 Å². The molecule has 130 valence electrons. The van der Waals surface area contributed by atoms with Crippen LogP contribution >= 0.6 is 11.6 Å². The first-order valence-electron chi connectivity index (χ1n) is 8.01. The number of amides is 1. The Morgan fingerprint density at radius 3 is 2.85 bits per heavy atom. The summed E-state index contributed by atoms with van der Waals surface area (Å²) >= 11 is 6.02. The maximum atomic E-state index is 12.7. The Kier molecular flexibility index (Phi) is 4.18. The van der Waals surface area contributed by atoms with Gasteiger partial charge in [0.1, 0.15) is 18.2 Å². The molecular formula is C19H15ClN4O2. The molecular weight excluding hydrogens is 352 g/mol. The van der Waals surface area contributed by atoms with Crippen LogP contribution < -0.4 is 10.1 Å². The van der Waals surface area contributed by atoms with Crippen molar-refractivity contribution >= 4 is 29.4 Å². The van der Waals surface area contributed by atoms with Gasteiger partial charge in [0.05, 0.1) is 17.0 Å². The summed E-state index contributed by atoms with van der Waals surface area (Å²) in [7, 11) is 0. The first-order chi connectivity index (χ1) is 12.6. The molecule has 0 aliphatic carbocycles. The SMILES string of the molecule is Cc1cc(NC(=O)C2=Cc3cc(Cl)ccc3OC2)n(-c2ccncc2)n1. The zero-order valence-corrected chi connectivity index (χ0v) is 14.7. The van der Waals surface area contributed by atoms with E-state index in [1.165, 1.54) is 0 Å². The van der Waals surface area contributed by atoms with Crippen LogP contribution in [0.4, 0.5) is 5.82 Å². The van der Waals surface area contributed by atoms with Gasteiger partial charge in [-0.3, -0.25) is 9.78 Å². The van der Waals surface area contributed by atoms with E-state index in [2.05, 4.69) is 15.4 Å². The fraction of sp³-hybridized carbons (Fsp3) is 0.105. The standard InChI is InChI=1S/C19H15ClN4O2/c1-12-8-18(24(23-12)16-4-6-21-7-5-16)22-19(25)14-9-13-10-15(20)2-3-17(13)26-11-14/h2-10H,11H2,1H3,(H,22,25). The van der Waals surface area contributed by atoms with Gasteiger partial charge in [-0.25, -0.2) is 4.68 Å². The van der Waals surface area contributed by atoms with Crippen LogP contribution in [0.25, 0.3) is 11.8 Å². The van der Waals surface area contributed by atoms with E-state index in [0.717, 1.165) is 16.9 Å². The quantitative estimate of drug-likeness (QED) is 0.768. The molecule has 4 rings (SSSR count). The zero-order valence-electron chi connectivity index (χ0n) is 13.9. The van der Waals surface area contributed by atoms with E-state index in [4.69, 9.17) is 16.3 Å². The smallest absolute Gasteiger partial charge is 0.256 e. The number of rotatable bonds is 3. The molecule has 0 saturated heterocycles. The molecule has 0 unspecified atom stereocenters. The van der Waals surface area contributed by atoms with Crippen LogP contribution in [0.2, 0.25) is 5.02 Å². The molecule has 0 saturated carbocycles. The van der Waals surface area contributed by atoms with E-state index < -0.39 is 0 Å². The molecule has 0 atom stereocenters. The summed E-state index contributed by atoms with van der Waals surface area (Å²) in [6.45, 7) is 2.07. The number of carbonyl (C=O) groups excluding carboxylic acids is 1. The number of hydrogen-bond acceptors (Lipinski definition) is 4. The van der Waals surface area contributed by atoms with Crippen LogP contribution in [-0.4, -0.2) is 27.3 Å². The van der Waals surface area contributed by atoms with E-state index >= 15 is 0 Å². The fourth-order valence-electron chi connectivity index (χ4n) is 2.75. The molecule has 26 heavy (non-hydrogen) atoms. The maximum Gasteiger partial charge on any atom is 0.256 e. The van der Waals surface area contributed by atoms with Gasteiger partial charge >= 0.3 is 0 Å². The van der Waals surface area contributed by atoms with E-state index in [0.29, 0.717) is 22.2 Å². The number of aryl methyl sites for hydroxylation is 1. The van der Waals surface area contributed by atoms with Crippen molar-refractivity contribution in [2.45, 2.75) is 6.92 Å². The number of hydrogen-bond donors (Lipinski definition) is 1. The van der Waals surface area contributed by atoms with Crippen LogP contribution in [0.1, 0.15) is 11.3 Å². The summed E-state index contributed by atoms with van der Waals surface area (Å²) in [6.07, 6.45) is 5.15. The Hall–Kier alpha value is -3.12. The van der Waals surface area contributed by atoms with Crippen LogP contribution in [0.15, 0.2) is 54.4 Å². The van der Waals surface area contributed by atoms with Crippen molar-refractivity contribution in [3.63, 3.8) is 0 Å². The van der Waals surface area contributed by atoms with Crippen LogP contribution in [-0.2, 0) is 4.79 Å². The van der Waals surface area contributed by atoms with Crippen molar-refractivity contribution in [1.29, 1.82) is 0 Å². The second kappa shape index (κ2) is 6.65. The lowest BCUT2D eigenvalue weighted by Gasteiger charge is -2.18. The van der Waals surface area contributed by atoms with E-state index in [9.17, 15) is 4.79 Å². The van der Waals surface area contributed by atoms with E-state index in [-0.39, 0.29) is 12.5 Å². The highest BCUT2D eigenvalue weighted by molar-refractivity contribution is 6.30. The van der Waals surface area contributed by atoms with Crippen molar-refractivity contribution < 1.29 is 9.53 Å². The molecule has 1 N–H and O–H groups in total. The average molecular weight is 367 g/mol. The molecule has 0 spiro atoms. The van der Waals surface area contributed by atoms with Crippen molar-refractivity contribution in [3.05, 3.63) is 70.6 Å².